The van der Waals surface area contributed by atoms with E-state index in [1.807, 2.05) is 78.9 Å². The van der Waals surface area contributed by atoms with Crippen LogP contribution < -0.4 is 0 Å². The molecule has 4 aromatic carbocycles. The first-order valence-corrected chi connectivity index (χ1v) is 11.6. The molecule has 0 bridgehead atoms. The summed E-state index contributed by atoms with van der Waals surface area (Å²) in [5, 5.41) is 0. The topological polar surface area (TPSA) is 43.4 Å². The molecule has 0 amide bonds. The predicted octanol–water partition coefficient (Wildman–Crippen LogP) is 6.33. The lowest BCUT2D eigenvalue weighted by Gasteiger charge is -2.36. The lowest BCUT2D eigenvalue weighted by atomic mass is 9.63. The van der Waals surface area contributed by atoms with Gasteiger partial charge in [-0.25, -0.2) is 4.79 Å². The molecule has 2 aliphatic rings. The number of ether oxygens (including phenoxy) is 1. The molecule has 0 fully saturated rings. The highest BCUT2D eigenvalue weighted by Crippen LogP contribution is 2.58. The van der Waals surface area contributed by atoms with E-state index >= 15 is 0 Å². The fourth-order valence-electron chi connectivity index (χ4n) is 5.59. The van der Waals surface area contributed by atoms with Crippen LogP contribution in [0.4, 0.5) is 0 Å². The van der Waals surface area contributed by atoms with Crippen LogP contribution in [-0.2, 0) is 14.9 Å². The molecule has 0 N–H and O–H groups in total. The van der Waals surface area contributed by atoms with Crippen LogP contribution in [-0.4, -0.2) is 18.9 Å². The minimum absolute atomic E-state index is 0.00746. The Morgan fingerprint density at radius 3 is 2.09 bits per heavy atom. The molecular weight excluding hydrogens is 432 g/mol. The molecule has 3 heteroatoms. The van der Waals surface area contributed by atoms with Gasteiger partial charge in [0, 0.05) is 0 Å². The van der Waals surface area contributed by atoms with Gasteiger partial charge in [0.25, 0.3) is 0 Å². The summed E-state index contributed by atoms with van der Waals surface area (Å²) >= 11 is 0. The summed E-state index contributed by atoms with van der Waals surface area (Å²) < 4.78 is 5.03. The van der Waals surface area contributed by atoms with Crippen molar-refractivity contribution in [2.24, 2.45) is 0 Å². The van der Waals surface area contributed by atoms with E-state index in [0.717, 1.165) is 44.5 Å². The van der Waals surface area contributed by atoms with Crippen LogP contribution in [0.15, 0.2) is 109 Å². The van der Waals surface area contributed by atoms with E-state index < -0.39 is 11.4 Å². The normalized spacial score (nSPS) is 17.9. The number of esters is 1. The summed E-state index contributed by atoms with van der Waals surface area (Å²) in [6, 6.07) is 33.8. The quantitative estimate of drug-likeness (QED) is 0.340. The van der Waals surface area contributed by atoms with Crippen molar-refractivity contribution < 1.29 is 14.3 Å². The molecule has 0 saturated carbocycles. The van der Waals surface area contributed by atoms with Gasteiger partial charge in [0.05, 0.1) is 12.7 Å². The van der Waals surface area contributed by atoms with Crippen molar-refractivity contribution in [1.29, 1.82) is 0 Å². The maximum Gasteiger partial charge on any atom is 0.337 e. The third kappa shape index (κ3) is 2.98. The second-order valence-electron chi connectivity index (χ2n) is 8.77. The standard InChI is InChI=1S/C32H22O3/c1-35-31(34)24-16-18-27-25(20-24)29(22-11-4-2-5-12-22)30(23-13-6-3-7-14-23)32(27)26-15-9-8-10-21(26)17-19-28(32)33/h2-20H,1H3/t32-/m0/s1. The number of carbonyl (C=O) groups is 2. The van der Waals surface area contributed by atoms with Crippen molar-refractivity contribution >= 4 is 29.0 Å². The zero-order valence-corrected chi connectivity index (χ0v) is 19.2. The maximum absolute atomic E-state index is 14.2. The molecule has 4 aromatic rings. The van der Waals surface area contributed by atoms with E-state index in [-0.39, 0.29) is 5.78 Å². The SMILES string of the molecule is COC(=O)c1ccc2c(c1)C(c1ccccc1)=C(c1ccccc1)[C@]21C(=O)C=Cc2ccccc21. The zero-order chi connectivity index (χ0) is 24.0. The van der Waals surface area contributed by atoms with E-state index in [4.69, 9.17) is 4.74 Å². The Morgan fingerprint density at radius 1 is 0.714 bits per heavy atom. The van der Waals surface area contributed by atoms with Gasteiger partial charge in [0.15, 0.2) is 5.78 Å². The van der Waals surface area contributed by atoms with Gasteiger partial charge >= 0.3 is 5.97 Å². The largest absolute Gasteiger partial charge is 0.465 e. The number of methoxy groups -OCH3 is 1. The molecule has 0 saturated heterocycles. The second-order valence-corrected chi connectivity index (χ2v) is 8.77. The lowest BCUT2D eigenvalue weighted by molar-refractivity contribution is -0.116. The Labute approximate surface area is 204 Å². The monoisotopic (exact) mass is 454 g/mol. The van der Waals surface area contributed by atoms with Crippen LogP contribution in [0.1, 0.15) is 43.7 Å². The minimum atomic E-state index is -1.03. The number of ketones is 1. The first-order valence-electron chi connectivity index (χ1n) is 11.6. The Morgan fingerprint density at radius 2 is 1.37 bits per heavy atom. The van der Waals surface area contributed by atoms with Crippen LogP contribution in [0.3, 0.4) is 0 Å². The molecule has 168 valence electrons. The highest BCUT2D eigenvalue weighted by Gasteiger charge is 2.53. The molecule has 35 heavy (non-hydrogen) atoms. The van der Waals surface area contributed by atoms with E-state index in [1.54, 1.807) is 12.1 Å². The number of allylic oxidation sites excluding steroid dienone is 2. The predicted molar refractivity (Wildman–Crippen MR) is 138 cm³/mol. The van der Waals surface area contributed by atoms with Gasteiger partial charge in [0.1, 0.15) is 5.41 Å². The molecule has 6 rings (SSSR count). The van der Waals surface area contributed by atoms with Gasteiger partial charge in [-0.15, -0.1) is 0 Å². The maximum atomic E-state index is 14.2. The van der Waals surface area contributed by atoms with Crippen LogP contribution in [0.25, 0.3) is 17.2 Å². The summed E-state index contributed by atoms with van der Waals surface area (Å²) in [5.74, 6) is -0.397. The summed E-state index contributed by atoms with van der Waals surface area (Å²) in [6.07, 6.45) is 3.59. The number of rotatable bonds is 3. The van der Waals surface area contributed by atoms with Crippen molar-refractivity contribution in [1.82, 2.24) is 0 Å². The van der Waals surface area contributed by atoms with Crippen LogP contribution >= 0.6 is 0 Å². The summed E-state index contributed by atoms with van der Waals surface area (Å²) in [4.78, 5) is 26.7. The average molecular weight is 455 g/mol. The number of benzene rings is 4. The van der Waals surface area contributed by atoms with E-state index in [2.05, 4.69) is 24.3 Å². The van der Waals surface area contributed by atoms with Gasteiger partial charge in [-0.1, -0.05) is 97.1 Å². The van der Waals surface area contributed by atoms with Gasteiger partial charge in [0.2, 0.25) is 0 Å². The fourth-order valence-corrected chi connectivity index (χ4v) is 5.59. The Balaban J connectivity index is 1.82. The van der Waals surface area contributed by atoms with Crippen LogP contribution in [0.2, 0.25) is 0 Å². The number of hydrogen-bond acceptors (Lipinski definition) is 3. The van der Waals surface area contributed by atoms with Crippen LogP contribution in [0.5, 0.6) is 0 Å². The first kappa shape index (κ1) is 21.1. The number of fused-ring (bicyclic) bond motifs is 4. The Hall–Kier alpha value is -4.50. The summed E-state index contributed by atoms with van der Waals surface area (Å²) in [6.45, 7) is 0. The van der Waals surface area contributed by atoms with Crippen molar-refractivity contribution in [3.63, 3.8) is 0 Å². The second kappa shape index (κ2) is 8.07. The van der Waals surface area contributed by atoms with Gasteiger partial charge < -0.3 is 4.74 Å². The first-order chi connectivity index (χ1) is 17.2. The number of carbonyl (C=O) groups excluding carboxylic acids is 2. The molecule has 0 aromatic heterocycles. The van der Waals surface area contributed by atoms with Crippen molar-refractivity contribution in [3.05, 3.63) is 148 Å². The molecule has 0 unspecified atom stereocenters. The molecule has 1 atom stereocenters. The average Bonchev–Trinajstić information content (AvgIpc) is 3.22. The molecule has 0 radical (unpaired) electrons. The molecule has 0 heterocycles. The fraction of sp³-hybridized carbons (Fsp3) is 0.0625. The summed E-state index contributed by atoms with van der Waals surface area (Å²) in [5.41, 5.74) is 6.99. The van der Waals surface area contributed by atoms with Crippen molar-refractivity contribution in [2.45, 2.75) is 5.41 Å². The highest BCUT2D eigenvalue weighted by molar-refractivity contribution is 6.25. The number of hydrogen-bond donors (Lipinski definition) is 0. The summed E-state index contributed by atoms with van der Waals surface area (Å²) in [7, 11) is 1.38. The minimum Gasteiger partial charge on any atom is -0.465 e. The van der Waals surface area contributed by atoms with Gasteiger partial charge in [-0.3, -0.25) is 4.79 Å². The molecular formula is C32H22O3. The van der Waals surface area contributed by atoms with Gasteiger partial charge in [-0.05, 0) is 62.7 Å². The van der Waals surface area contributed by atoms with Crippen molar-refractivity contribution in [2.75, 3.05) is 7.11 Å². The Kier molecular flexibility index (Phi) is 4.85. The third-order valence-electron chi connectivity index (χ3n) is 7.01. The molecule has 1 spiro atoms. The van der Waals surface area contributed by atoms with E-state index in [1.165, 1.54) is 7.11 Å². The van der Waals surface area contributed by atoms with E-state index in [9.17, 15) is 9.59 Å². The van der Waals surface area contributed by atoms with Crippen molar-refractivity contribution in [3.8, 4) is 0 Å². The smallest absolute Gasteiger partial charge is 0.337 e. The van der Waals surface area contributed by atoms with E-state index in [0.29, 0.717) is 5.56 Å². The van der Waals surface area contributed by atoms with Gasteiger partial charge in [-0.2, -0.15) is 0 Å². The molecule has 0 aliphatic heterocycles. The zero-order valence-electron chi connectivity index (χ0n) is 19.2. The molecule has 3 nitrogen and oxygen atoms in total. The Bertz CT molecular complexity index is 1540. The lowest BCUT2D eigenvalue weighted by Crippen LogP contribution is -2.38. The highest BCUT2D eigenvalue weighted by atomic mass is 16.5. The van der Waals surface area contributed by atoms with Crippen LogP contribution in [0, 0.1) is 0 Å². The third-order valence-corrected chi connectivity index (χ3v) is 7.01. The molecule has 2 aliphatic carbocycles.